The number of benzene rings is 1. The lowest BCUT2D eigenvalue weighted by Gasteiger charge is -2.14. The van der Waals surface area contributed by atoms with Crippen molar-refractivity contribution < 1.29 is 18.0 Å². The summed E-state index contributed by atoms with van der Waals surface area (Å²) in [4.78, 5) is 10.8. The van der Waals surface area contributed by atoms with Crippen molar-refractivity contribution in [3.05, 3.63) is 28.8 Å². The first-order chi connectivity index (χ1) is 7.36. The van der Waals surface area contributed by atoms with Gasteiger partial charge in [-0.2, -0.15) is 13.2 Å². The number of urea groups is 1. The monoisotopic (exact) mass is 253 g/mol. The quantitative estimate of drug-likeness (QED) is 0.409. The molecule has 16 heavy (non-hydrogen) atoms. The lowest BCUT2D eigenvalue weighted by atomic mass is 10.1. The molecule has 0 spiro atoms. The summed E-state index contributed by atoms with van der Waals surface area (Å²) in [6, 6.07) is 2.18. The van der Waals surface area contributed by atoms with Crippen LogP contribution in [0.25, 0.3) is 0 Å². The molecule has 0 saturated carbocycles. The third-order valence-corrected chi connectivity index (χ3v) is 2.00. The number of nitrogens with one attached hydrogen (secondary N) is 2. The molecule has 1 rings (SSSR count). The molecule has 1 aromatic carbocycles. The van der Waals surface area contributed by atoms with E-state index < -0.39 is 23.5 Å². The number of nitrogens with two attached hydrogens (primary N) is 1. The van der Waals surface area contributed by atoms with E-state index in [0.29, 0.717) is 0 Å². The van der Waals surface area contributed by atoms with Crippen molar-refractivity contribution in [2.75, 3.05) is 5.32 Å². The van der Waals surface area contributed by atoms with Crippen molar-refractivity contribution in [2.45, 2.75) is 6.18 Å². The number of para-hydroxylation sites is 1. The Balaban J connectivity index is 3.19. The molecule has 8 heteroatoms. The number of anilines is 1. The first-order valence-corrected chi connectivity index (χ1v) is 4.37. The predicted octanol–water partition coefficient (Wildman–Crippen LogP) is 2.35. The van der Waals surface area contributed by atoms with Crippen LogP contribution >= 0.6 is 11.6 Å². The number of hydrogen-bond donors (Lipinski definition) is 3. The van der Waals surface area contributed by atoms with E-state index >= 15 is 0 Å². The van der Waals surface area contributed by atoms with Gasteiger partial charge in [0, 0.05) is 0 Å². The van der Waals surface area contributed by atoms with Gasteiger partial charge in [0.1, 0.15) is 0 Å². The fourth-order valence-electron chi connectivity index (χ4n) is 1.04. The van der Waals surface area contributed by atoms with Gasteiger partial charge < -0.3 is 5.32 Å². The van der Waals surface area contributed by atoms with Crippen molar-refractivity contribution >= 4 is 23.3 Å². The Labute approximate surface area is 93.5 Å². The summed E-state index contributed by atoms with van der Waals surface area (Å²) >= 11 is 5.55. The standard InChI is InChI=1S/C8H7ClF3N3O/c9-5-3-1-2-4(8(10,11)12)6(5)14-7(16)15-13/h1-3H,13H2,(H2,14,15,16). The minimum Gasteiger partial charge on any atom is -0.305 e. The van der Waals surface area contributed by atoms with Crippen LogP contribution in [0.1, 0.15) is 5.56 Å². The van der Waals surface area contributed by atoms with E-state index in [4.69, 9.17) is 17.4 Å². The number of halogens is 4. The average molecular weight is 254 g/mol. The molecule has 0 aliphatic carbocycles. The third kappa shape index (κ3) is 2.77. The molecule has 0 atom stereocenters. The second-order valence-corrected chi connectivity index (χ2v) is 3.17. The second kappa shape index (κ2) is 4.58. The summed E-state index contributed by atoms with van der Waals surface area (Å²) < 4.78 is 37.6. The number of rotatable bonds is 1. The average Bonchev–Trinajstić information content (AvgIpc) is 2.19. The first kappa shape index (κ1) is 12.6. The van der Waals surface area contributed by atoms with Gasteiger partial charge >= 0.3 is 12.2 Å². The molecule has 2 amide bonds. The van der Waals surface area contributed by atoms with Crippen LogP contribution in [0.15, 0.2) is 18.2 Å². The SMILES string of the molecule is NNC(=O)Nc1c(Cl)cccc1C(F)(F)F. The largest absolute Gasteiger partial charge is 0.418 e. The number of amides is 2. The molecule has 0 radical (unpaired) electrons. The van der Waals surface area contributed by atoms with Gasteiger partial charge in [0.2, 0.25) is 0 Å². The van der Waals surface area contributed by atoms with Crippen LogP contribution in [0.2, 0.25) is 5.02 Å². The van der Waals surface area contributed by atoms with Crippen molar-refractivity contribution in [3.8, 4) is 0 Å². The lowest BCUT2D eigenvalue weighted by Crippen LogP contribution is -2.35. The van der Waals surface area contributed by atoms with E-state index in [1.165, 1.54) is 6.07 Å². The molecule has 1 aromatic rings. The highest BCUT2D eigenvalue weighted by atomic mass is 35.5. The first-order valence-electron chi connectivity index (χ1n) is 3.99. The number of hydrogen-bond acceptors (Lipinski definition) is 2. The maximum absolute atomic E-state index is 12.5. The molecule has 0 unspecified atom stereocenters. The Hall–Kier alpha value is -1.47. The molecule has 0 fully saturated rings. The van der Waals surface area contributed by atoms with E-state index in [0.717, 1.165) is 12.1 Å². The van der Waals surface area contributed by atoms with Gasteiger partial charge in [-0.15, -0.1) is 0 Å². The van der Waals surface area contributed by atoms with E-state index in [1.54, 1.807) is 5.43 Å². The number of alkyl halides is 3. The van der Waals surface area contributed by atoms with Gasteiger partial charge in [-0.05, 0) is 12.1 Å². The number of hydrazine groups is 1. The van der Waals surface area contributed by atoms with E-state index in [1.807, 2.05) is 5.32 Å². The fourth-order valence-corrected chi connectivity index (χ4v) is 1.26. The van der Waals surface area contributed by atoms with Crippen molar-refractivity contribution in [1.29, 1.82) is 0 Å². The van der Waals surface area contributed by atoms with Crippen LogP contribution in [-0.2, 0) is 6.18 Å². The molecule has 0 bridgehead atoms. The van der Waals surface area contributed by atoms with Gasteiger partial charge in [-0.1, -0.05) is 17.7 Å². The summed E-state index contributed by atoms with van der Waals surface area (Å²) in [6.45, 7) is 0. The molecular formula is C8H7ClF3N3O. The van der Waals surface area contributed by atoms with Gasteiger partial charge in [0.25, 0.3) is 0 Å². The third-order valence-electron chi connectivity index (χ3n) is 1.69. The molecule has 0 aliphatic rings. The Bertz CT molecular complexity index is 408. The highest BCUT2D eigenvalue weighted by Crippen LogP contribution is 2.38. The molecule has 4 nitrogen and oxygen atoms in total. The summed E-state index contributed by atoms with van der Waals surface area (Å²) in [6.07, 6.45) is -4.61. The molecular weight excluding hydrogens is 247 g/mol. The zero-order valence-corrected chi connectivity index (χ0v) is 8.49. The molecule has 88 valence electrons. The Morgan fingerprint density at radius 2 is 2.00 bits per heavy atom. The topological polar surface area (TPSA) is 67.1 Å². The van der Waals surface area contributed by atoms with Crippen LogP contribution in [-0.4, -0.2) is 6.03 Å². The van der Waals surface area contributed by atoms with Gasteiger partial charge in [-0.3, -0.25) is 5.43 Å². The van der Waals surface area contributed by atoms with Gasteiger partial charge in [0.05, 0.1) is 16.3 Å². The Kier molecular flexibility index (Phi) is 3.61. The molecule has 0 heterocycles. The van der Waals surface area contributed by atoms with E-state index in [9.17, 15) is 18.0 Å². The lowest BCUT2D eigenvalue weighted by molar-refractivity contribution is -0.136. The zero-order valence-electron chi connectivity index (χ0n) is 7.73. The maximum atomic E-state index is 12.5. The highest BCUT2D eigenvalue weighted by molar-refractivity contribution is 6.33. The summed E-state index contributed by atoms with van der Waals surface area (Å²) in [7, 11) is 0. The Morgan fingerprint density at radius 1 is 1.38 bits per heavy atom. The second-order valence-electron chi connectivity index (χ2n) is 2.76. The van der Waals surface area contributed by atoms with Gasteiger partial charge in [0.15, 0.2) is 0 Å². The Morgan fingerprint density at radius 3 is 2.50 bits per heavy atom. The maximum Gasteiger partial charge on any atom is 0.418 e. The molecule has 0 aromatic heterocycles. The van der Waals surface area contributed by atoms with Crippen molar-refractivity contribution in [1.82, 2.24) is 5.43 Å². The van der Waals surface area contributed by atoms with E-state index in [2.05, 4.69) is 0 Å². The van der Waals surface area contributed by atoms with Crippen LogP contribution in [0.4, 0.5) is 23.7 Å². The normalized spacial score (nSPS) is 11.1. The van der Waals surface area contributed by atoms with Crippen molar-refractivity contribution in [2.24, 2.45) is 5.84 Å². The molecule has 0 saturated heterocycles. The van der Waals surface area contributed by atoms with Crippen LogP contribution < -0.4 is 16.6 Å². The number of carbonyl (C=O) groups excluding carboxylic acids is 1. The minimum absolute atomic E-state index is 0.224. The molecule has 0 aliphatic heterocycles. The smallest absolute Gasteiger partial charge is 0.305 e. The van der Waals surface area contributed by atoms with Crippen LogP contribution in [0.3, 0.4) is 0 Å². The van der Waals surface area contributed by atoms with Gasteiger partial charge in [-0.25, -0.2) is 10.6 Å². The highest BCUT2D eigenvalue weighted by Gasteiger charge is 2.34. The zero-order chi connectivity index (χ0) is 12.3. The molecule has 4 N–H and O–H groups in total. The summed E-state index contributed by atoms with van der Waals surface area (Å²) in [5, 5.41) is 1.68. The van der Waals surface area contributed by atoms with E-state index in [-0.39, 0.29) is 5.02 Å². The summed E-state index contributed by atoms with van der Waals surface area (Å²) in [5.74, 6) is 4.74. The number of carbonyl (C=O) groups is 1. The summed E-state index contributed by atoms with van der Waals surface area (Å²) in [5.41, 5.74) is 0.0768. The van der Waals surface area contributed by atoms with Crippen LogP contribution in [0, 0.1) is 0 Å². The fraction of sp³-hybridized carbons (Fsp3) is 0.125. The van der Waals surface area contributed by atoms with Crippen LogP contribution in [0.5, 0.6) is 0 Å². The predicted molar refractivity (Wildman–Crippen MR) is 52.8 cm³/mol. The minimum atomic E-state index is -4.61. The van der Waals surface area contributed by atoms with Crippen molar-refractivity contribution in [3.63, 3.8) is 0 Å².